The molecule has 0 radical (unpaired) electrons. The molecule has 35 heavy (non-hydrogen) atoms. The van der Waals surface area contributed by atoms with Gasteiger partial charge < -0.3 is 9.84 Å². The number of anilines is 1. The zero-order chi connectivity index (χ0) is 25.6. The van der Waals surface area contributed by atoms with Gasteiger partial charge in [-0.25, -0.2) is 13.8 Å². The molecule has 0 aromatic heterocycles. The minimum Gasteiger partial charge on any atom is -0.504 e. The lowest BCUT2D eigenvalue weighted by atomic mass is 10.1. The van der Waals surface area contributed by atoms with Crippen molar-refractivity contribution in [3.05, 3.63) is 82.9 Å². The molecule has 0 aliphatic rings. The fourth-order valence-corrected chi connectivity index (χ4v) is 4.93. The van der Waals surface area contributed by atoms with E-state index in [0.717, 1.165) is 21.0 Å². The summed E-state index contributed by atoms with van der Waals surface area (Å²) >= 11 is 0. The van der Waals surface area contributed by atoms with E-state index in [-0.39, 0.29) is 10.6 Å². The minimum atomic E-state index is -4.02. The Morgan fingerprint density at radius 3 is 2.37 bits per heavy atom. The molecule has 3 rings (SSSR count). The summed E-state index contributed by atoms with van der Waals surface area (Å²) in [6, 6.07) is 16.5. The number of benzene rings is 3. The van der Waals surface area contributed by atoms with E-state index in [1.165, 1.54) is 24.4 Å². The molecule has 8 nitrogen and oxygen atoms in total. The maximum Gasteiger partial charge on any atom is 0.264 e. The quantitative estimate of drug-likeness (QED) is 0.344. The largest absolute Gasteiger partial charge is 0.504 e. The molecule has 0 spiro atoms. The Hall–Kier alpha value is -3.85. The molecule has 3 aromatic rings. The molecular formula is C26H29N3O5S. The van der Waals surface area contributed by atoms with E-state index in [0.29, 0.717) is 23.6 Å². The maximum atomic E-state index is 13.5. The summed E-state index contributed by atoms with van der Waals surface area (Å²) in [4.78, 5) is 12.8. The second kappa shape index (κ2) is 11.1. The van der Waals surface area contributed by atoms with Crippen molar-refractivity contribution in [2.75, 3.05) is 17.5 Å². The van der Waals surface area contributed by atoms with Crippen LogP contribution in [0.25, 0.3) is 0 Å². The summed E-state index contributed by atoms with van der Waals surface area (Å²) in [5, 5.41) is 13.7. The Morgan fingerprint density at radius 1 is 1.03 bits per heavy atom. The van der Waals surface area contributed by atoms with Gasteiger partial charge in [0, 0.05) is 0 Å². The topological polar surface area (TPSA) is 108 Å². The number of nitrogens with one attached hydrogen (secondary N) is 1. The van der Waals surface area contributed by atoms with Gasteiger partial charge >= 0.3 is 0 Å². The molecular weight excluding hydrogens is 466 g/mol. The molecule has 0 saturated heterocycles. The van der Waals surface area contributed by atoms with Crippen molar-refractivity contribution in [1.82, 2.24) is 5.43 Å². The molecule has 0 unspecified atom stereocenters. The lowest BCUT2D eigenvalue weighted by Crippen LogP contribution is -2.40. The van der Waals surface area contributed by atoms with Gasteiger partial charge in [-0.2, -0.15) is 5.10 Å². The van der Waals surface area contributed by atoms with Gasteiger partial charge in [0.15, 0.2) is 11.5 Å². The van der Waals surface area contributed by atoms with E-state index in [4.69, 9.17) is 4.74 Å². The first-order valence-corrected chi connectivity index (χ1v) is 12.5. The van der Waals surface area contributed by atoms with Gasteiger partial charge in [-0.1, -0.05) is 35.4 Å². The van der Waals surface area contributed by atoms with Crippen molar-refractivity contribution < 1.29 is 23.1 Å². The number of carbonyl (C=O) groups excluding carboxylic acids is 1. The second-order valence-electron chi connectivity index (χ2n) is 8.07. The Bertz CT molecular complexity index is 1340. The number of aryl methyl sites for hydroxylation is 3. The molecule has 3 aromatic carbocycles. The minimum absolute atomic E-state index is 0.00143. The molecule has 0 saturated carbocycles. The number of hydrazone groups is 1. The number of aromatic hydroxyl groups is 1. The van der Waals surface area contributed by atoms with Crippen LogP contribution < -0.4 is 14.5 Å². The molecule has 0 aliphatic heterocycles. The van der Waals surface area contributed by atoms with E-state index in [1.807, 2.05) is 19.9 Å². The average Bonchev–Trinajstić information content (AvgIpc) is 2.80. The second-order valence-corrected chi connectivity index (χ2v) is 9.93. The van der Waals surface area contributed by atoms with Gasteiger partial charge in [-0.15, -0.1) is 0 Å². The van der Waals surface area contributed by atoms with Crippen LogP contribution in [0, 0.1) is 20.8 Å². The zero-order valence-electron chi connectivity index (χ0n) is 20.1. The number of sulfonamides is 1. The Morgan fingerprint density at radius 2 is 1.71 bits per heavy atom. The first-order valence-electron chi connectivity index (χ1n) is 11.1. The maximum absolute atomic E-state index is 13.5. The van der Waals surface area contributed by atoms with Gasteiger partial charge in [0.2, 0.25) is 0 Å². The van der Waals surface area contributed by atoms with Gasteiger partial charge in [0.25, 0.3) is 15.9 Å². The number of rotatable bonds is 9. The lowest BCUT2D eigenvalue weighted by molar-refractivity contribution is -0.119. The summed E-state index contributed by atoms with van der Waals surface area (Å²) in [7, 11) is -4.02. The van der Waals surface area contributed by atoms with E-state index < -0.39 is 22.5 Å². The third-order valence-corrected chi connectivity index (χ3v) is 6.98. The fraction of sp³-hybridized carbons (Fsp3) is 0.231. The number of ether oxygens (including phenoxy) is 1. The number of phenols is 1. The highest BCUT2D eigenvalue weighted by molar-refractivity contribution is 7.92. The molecule has 9 heteroatoms. The van der Waals surface area contributed by atoms with Crippen LogP contribution in [0.4, 0.5) is 5.69 Å². The number of hydrogen-bond acceptors (Lipinski definition) is 6. The summed E-state index contributed by atoms with van der Waals surface area (Å²) in [6.07, 6.45) is 1.38. The number of phenolic OH excluding ortho intramolecular Hbond substituents is 1. The van der Waals surface area contributed by atoms with Gasteiger partial charge in [-0.05, 0) is 75.2 Å². The first kappa shape index (κ1) is 25.8. The Labute approximate surface area is 205 Å². The standard InChI is InChI=1S/C26H29N3O5S/c1-5-34-25-15-21(9-13-24(25)30)16-27-28-26(31)17-29(23-12-8-19(3)14-20(23)4)35(32,33)22-10-6-18(2)7-11-22/h6-16,30H,5,17H2,1-4H3,(H,28,31)/b27-16-. The number of carbonyl (C=O) groups is 1. The predicted octanol–water partition coefficient (Wildman–Crippen LogP) is 4.06. The number of amides is 1. The molecule has 0 heterocycles. The van der Waals surface area contributed by atoms with Crippen molar-refractivity contribution >= 4 is 27.8 Å². The van der Waals surface area contributed by atoms with Crippen molar-refractivity contribution in [2.24, 2.45) is 5.10 Å². The number of hydrogen-bond donors (Lipinski definition) is 2. The highest BCUT2D eigenvalue weighted by atomic mass is 32.2. The van der Waals surface area contributed by atoms with Gasteiger partial charge in [0.1, 0.15) is 6.54 Å². The van der Waals surface area contributed by atoms with Crippen molar-refractivity contribution in [3.63, 3.8) is 0 Å². The van der Waals surface area contributed by atoms with E-state index in [2.05, 4.69) is 10.5 Å². The third-order valence-electron chi connectivity index (χ3n) is 5.20. The molecule has 0 bridgehead atoms. The highest BCUT2D eigenvalue weighted by Gasteiger charge is 2.28. The normalized spacial score (nSPS) is 11.4. The highest BCUT2D eigenvalue weighted by Crippen LogP contribution is 2.28. The van der Waals surface area contributed by atoms with Crippen molar-refractivity contribution in [3.8, 4) is 11.5 Å². The predicted molar refractivity (Wildman–Crippen MR) is 137 cm³/mol. The van der Waals surface area contributed by atoms with Crippen LogP contribution in [0.3, 0.4) is 0 Å². The summed E-state index contributed by atoms with van der Waals surface area (Å²) in [5.41, 5.74) is 6.02. The van der Waals surface area contributed by atoms with Crippen molar-refractivity contribution in [2.45, 2.75) is 32.6 Å². The molecule has 1 amide bonds. The summed E-state index contributed by atoms with van der Waals surface area (Å²) in [6.45, 7) is 7.31. The van der Waals surface area contributed by atoms with Gasteiger partial charge in [0.05, 0.1) is 23.4 Å². The first-order chi connectivity index (χ1) is 16.6. The van der Waals surface area contributed by atoms with Crippen LogP contribution in [0.2, 0.25) is 0 Å². The zero-order valence-corrected chi connectivity index (χ0v) is 21.0. The van der Waals surface area contributed by atoms with Crippen LogP contribution in [0.15, 0.2) is 70.7 Å². The third kappa shape index (κ3) is 6.39. The fourth-order valence-electron chi connectivity index (χ4n) is 3.45. The van der Waals surface area contributed by atoms with E-state index >= 15 is 0 Å². The average molecular weight is 496 g/mol. The molecule has 0 atom stereocenters. The monoisotopic (exact) mass is 495 g/mol. The molecule has 0 aliphatic carbocycles. The SMILES string of the molecule is CCOc1cc(/C=N\NC(=O)CN(c2ccc(C)cc2C)S(=O)(=O)c2ccc(C)cc2)ccc1O. The van der Waals surface area contributed by atoms with Crippen LogP contribution in [-0.4, -0.2) is 38.8 Å². The van der Waals surface area contributed by atoms with Crippen molar-refractivity contribution in [1.29, 1.82) is 0 Å². The Balaban J connectivity index is 1.85. The summed E-state index contributed by atoms with van der Waals surface area (Å²) in [5.74, 6) is -0.313. The van der Waals surface area contributed by atoms with E-state index in [9.17, 15) is 18.3 Å². The summed E-state index contributed by atoms with van der Waals surface area (Å²) < 4.78 is 33.5. The van der Waals surface area contributed by atoms with Crippen LogP contribution in [0.5, 0.6) is 11.5 Å². The van der Waals surface area contributed by atoms with Gasteiger partial charge in [-0.3, -0.25) is 9.10 Å². The van der Waals surface area contributed by atoms with Crippen LogP contribution in [-0.2, 0) is 14.8 Å². The smallest absolute Gasteiger partial charge is 0.264 e. The van der Waals surface area contributed by atoms with E-state index in [1.54, 1.807) is 50.2 Å². The van der Waals surface area contributed by atoms with Crippen LogP contribution >= 0.6 is 0 Å². The Kier molecular flexibility index (Phi) is 8.14. The molecule has 0 fully saturated rings. The van der Waals surface area contributed by atoms with Crippen LogP contribution in [0.1, 0.15) is 29.2 Å². The molecule has 2 N–H and O–H groups in total. The lowest BCUT2D eigenvalue weighted by Gasteiger charge is -2.25. The number of nitrogens with zero attached hydrogens (tertiary/aromatic N) is 2. The molecule has 184 valence electrons.